The van der Waals surface area contributed by atoms with E-state index in [9.17, 15) is 0 Å². The molecule has 2 heteroatoms. The molecular weight excluding hydrogens is 184 g/mol. The van der Waals surface area contributed by atoms with Gasteiger partial charge in [-0.25, -0.2) is 0 Å². The first-order valence-corrected chi connectivity index (χ1v) is 6.80. The number of nitrogens with zero attached hydrogens (tertiary/aromatic N) is 1. The number of unbranched alkanes of at least 4 members (excludes halogenated alkanes) is 2. The molecule has 15 heavy (non-hydrogen) atoms. The van der Waals surface area contributed by atoms with Crippen molar-refractivity contribution in [1.82, 2.24) is 10.2 Å². The Morgan fingerprint density at radius 3 is 2.67 bits per heavy atom. The van der Waals surface area contributed by atoms with Crippen LogP contribution in [0.1, 0.15) is 45.4 Å². The van der Waals surface area contributed by atoms with Crippen LogP contribution >= 0.6 is 0 Å². The molecule has 0 aromatic rings. The van der Waals surface area contributed by atoms with Crippen LogP contribution in [0.25, 0.3) is 0 Å². The summed E-state index contributed by atoms with van der Waals surface area (Å²) in [5.41, 5.74) is 0. The van der Waals surface area contributed by atoms with Gasteiger partial charge >= 0.3 is 0 Å². The van der Waals surface area contributed by atoms with Crippen molar-refractivity contribution in [3.63, 3.8) is 0 Å². The van der Waals surface area contributed by atoms with E-state index in [1.54, 1.807) is 0 Å². The molecule has 1 saturated heterocycles. The molecular formula is C13H26N2. The molecule has 1 heterocycles. The third-order valence-electron chi connectivity index (χ3n) is 3.67. The van der Waals surface area contributed by atoms with Crippen LogP contribution in [0.2, 0.25) is 0 Å². The molecule has 0 aromatic heterocycles. The number of hydrogen-bond acceptors (Lipinski definition) is 2. The Morgan fingerprint density at radius 2 is 2.00 bits per heavy atom. The van der Waals surface area contributed by atoms with E-state index in [-0.39, 0.29) is 0 Å². The highest BCUT2D eigenvalue weighted by Crippen LogP contribution is 2.18. The average Bonchev–Trinajstić information content (AvgIpc) is 2.95. The van der Waals surface area contributed by atoms with Crippen LogP contribution in [-0.4, -0.2) is 37.1 Å². The second-order valence-electron chi connectivity index (χ2n) is 5.48. The van der Waals surface area contributed by atoms with Crippen molar-refractivity contribution < 1.29 is 0 Å². The number of likely N-dealkylation sites (tertiary alicyclic amines) is 1. The van der Waals surface area contributed by atoms with Gasteiger partial charge in [0.15, 0.2) is 0 Å². The van der Waals surface area contributed by atoms with E-state index in [4.69, 9.17) is 0 Å². The summed E-state index contributed by atoms with van der Waals surface area (Å²) in [5, 5.41) is 3.58. The number of rotatable bonds is 7. The largest absolute Gasteiger partial charge is 0.314 e. The Kier molecular flexibility index (Phi) is 4.45. The molecule has 0 amide bonds. The molecule has 2 aliphatic rings. The highest BCUT2D eigenvalue weighted by Gasteiger charge is 2.19. The maximum absolute atomic E-state index is 3.58. The monoisotopic (exact) mass is 210 g/mol. The first-order chi connectivity index (χ1) is 7.34. The van der Waals surface area contributed by atoms with Gasteiger partial charge in [-0.05, 0) is 57.7 Å². The standard InChI is InChI=1S/C13H26N2/c1-12-7-10-15(11-12)9-4-2-3-8-14-13-5-6-13/h12-14H,2-11H2,1H3. The lowest BCUT2D eigenvalue weighted by molar-refractivity contribution is 0.318. The summed E-state index contributed by atoms with van der Waals surface area (Å²) < 4.78 is 0. The van der Waals surface area contributed by atoms with E-state index in [0.29, 0.717) is 0 Å². The van der Waals surface area contributed by atoms with Crippen LogP contribution in [0.15, 0.2) is 0 Å². The third-order valence-corrected chi connectivity index (χ3v) is 3.67. The molecule has 0 bridgehead atoms. The first kappa shape index (κ1) is 11.4. The van der Waals surface area contributed by atoms with Gasteiger partial charge in [0, 0.05) is 12.6 Å². The first-order valence-electron chi connectivity index (χ1n) is 6.80. The zero-order valence-electron chi connectivity index (χ0n) is 10.2. The second-order valence-corrected chi connectivity index (χ2v) is 5.48. The van der Waals surface area contributed by atoms with Crippen LogP contribution in [0.4, 0.5) is 0 Å². The lowest BCUT2D eigenvalue weighted by Gasteiger charge is -2.14. The van der Waals surface area contributed by atoms with Gasteiger partial charge in [0.05, 0.1) is 0 Å². The SMILES string of the molecule is CC1CCN(CCCCCNC2CC2)C1. The Labute approximate surface area is 94.4 Å². The van der Waals surface area contributed by atoms with Crippen molar-refractivity contribution in [3.8, 4) is 0 Å². The summed E-state index contributed by atoms with van der Waals surface area (Å²) in [5.74, 6) is 0.946. The summed E-state index contributed by atoms with van der Waals surface area (Å²) in [7, 11) is 0. The molecule has 1 N–H and O–H groups in total. The molecule has 1 aliphatic carbocycles. The summed E-state index contributed by atoms with van der Waals surface area (Å²) in [6.07, 6.45) is 8.45. The zero-order chi connectivity index (χ0) is 10.5. The van der Waals surface area contributed by atoms with Crippen LogP contribution < -0.4 is 5.32 Å². The maximum Gasteiger partial charge on any atom is 0.00682 e. The van der Waals surface area contributed by atoms with E-state index < -0.39 is 0 Å². The molecule has 2 rings (SSSR count). The Morgan fingerprint density at radius 1 is 1.13 bits per heavy atom. The lowest BCUT2D eigenvalue weighted by atomic mass is 10.2. The van der Waals surface area contributed by atoms with Gasteiger partial charge in [0.25, 0.3) is 0 Å². The van der Waals surface area contributed by atoms with Gasteiger partial charge in [0.1, 0.15) is 0 Å². The predicted molar refractivity (Wildman–Crippen MR) is 65.1 cm³/mol. The van der Waals surface area contributed by atoms with Crippen LogP contribution in [-0.2, 0) is 0 Å². The Balaban J connectivity index is 1.38. The van der Waals surface area contributed by atoms with Crippen molar-refractivity contribution in [2.75, 3.05) is 26.2 Å². The van der Waals surface area contributed by atoms with E-state index >= 15 is 0 Å². The van der Waals surface area contributed by atoms with Crippen molar-refractivity contribution in [3.05, 3.63) is 0 Å². The molecule has 1 unspecified atom stereocenters. The summed E-state index contributed by atoms with van der Waals surface area (Å²) in [6, 6.07) is 0.893. The van der Waals surface area contributed by atoms with Gasteiger partial charge in [0.2, 0.25) is 0 Å². The van der Waals surface area contributed by atoms with Gasteiger partial charge in [-0.1, -0.05) is 13.3 Å². The van der Waals surface area contributed by atoms with Crippen molar-refractivity contribution in [2.45, 2.75) is 51.5 Å². The van der Waals surface area contributed by atoms with Crippen molar-refractivity contribution in [2.24, 2.45) is 5.92 Å². The molecule has 2 nitrogen and oxygen atoms in total. The minimum absolute atomic E-state index is 0.893. The summed E-state index contributed by atoms with van der Waals surface area (Å²) in [6.45, 7) is 7.66. The average molecular weight is 210 g/mol. The fourth-order valence-electron chi connectivity index (χ4n) is 2.46. The normalized spacial score (nSPS) is 27.4. The molecule has 1 saturated carbocycles. The van der Waals surface area contributed by atoms with Gasteiger partial charge in [-0.3, -0.25) is 0 Å². The molecule has 0 radical (unpaired) electrons. The highest BCUT2D eigenvalue weighted by atomic mass is 15.1. The topological polar surface area (TPSA) is 15.3 Å². The van der Waals surface area contributed by atoms with Gasteiger partial charge in [-0.2, -0.15) is 0 Å². The van der Waals surface area contributed by atoms with Crippen LogP contribution in [0, 0.1) is 5.92 Å². The lowest BCUT2D eigenvalue weighted by Crippen LogP contribution is -2.22. The van der Waals surface area contributed by atoms with Crippen LogP contribution in [0.3, 0.4) is 0 Å². The maximum atomic E-state index is 3.58. The second kappa shape index (κ2) is 5.86. The smallest absolute Gasteiger partial charge is 0.00682 e. The zero-order valence-corrected chi connectivity index (χ0v) is 10.2. The third kappa shape index (κ3) is 4.52. The highest BCUT2D eigenvalue weighted by molar-refractivity contribution is 4.80. The van der Waals surface area contributed by atoms with Crippen molar-refractivity contribution in [1.29, 1.82) is 0 Å². The summed E-state index contributed by atoms with van der Waals surface area (Å²) in [4.78, 5) is 2.64. The van der Waals surface area contributed by atoms with E-state index in [0.717, 1.165) is 12.0 Å². The van der Waals surface area contributed by atoms with Gasteiger partial charge < -0.3 is 10.2 Å². The minimum Gasteiger partial charge on any atom is -0.314 e. The Bertz CT molecular complexity index is 177. The molecule has 1 aliphatic heterocycles. The number of hydrogen-bond donors (Lipinski definition) is 1. The molecule has 2 fully saturated rings. The fourth-order valence-corrected chi connectivity index (χ4v) is 2.46. The molecule has 0 spiro atoms. The predicted octanol–water partition coefficient (Wildman–Crippen LogP) is 2.25. The molecule has 88 valence electrons. The van der Waals surface area contributed by atoms with Crippen LogP contribution in [0.5, 0.6) is 0 Å². The summed E-state index contributed by atoms with van der Waals surface area (Å²) >= 11 is 0. The fraction of sp³-hybridized carbons (Fsp3) is 1.00. The van der Waals surface area contributed by atoms with E-state index in [2.05, 4.69) is 17.1 Å². The van der Waals surface area contributed by atoms with Gasteiger partial charge in [-0.15, -0.1) is 0 Å². The Hall–Kier alpha value is -0.0800. The minimum atomic E-state index is 0.893. The van der Waals surface area contributed by atoms with E-state index in [1.807, 2.05) is 0 Å². The van der Waals surface area contributed by atoms with E-state index in [1.165, 1.54) is 64.7 Å². The molecule has 1 atom stereocenters. The molecule has 0 aromatic carbocycles. The number of nitrogens with one attached hydrogen (secondary N) is 1. The quantitative estimate of drug-likeness (QED) is 0.648. The van der Waals surface area contributed by atoms with Crippen molar-refractivity contribution >= 4 is 0 Å².